The van der Waals surface area contributed by atoms with E-state index in [4.69, 9.17) is 30.5 Å². The second-order valence-electron chi connectivity index (χ2n) is 6.19. The Balaban J connectivity index is 1.93. The number of ether oxygens (including phenoxy) is 4. The molecule has 0 radical (unpaired) electrons. The van der Waals surface area contributed by atoms with Gasteiger partial charge in [-0.15, -0.1) is 0 Å². The smallest absolute Gasteiger partial charge is 0.310 e. The van der Waals surface area contributed by atoms with Crippen molar-refractivity contribution in [3.8, 4) is 17.2 Å². The minimum absolute atomic E-state index is 0.0593. The standard InChI is InChI=1S/C21H24ClNO6/c1-13(17-11-16(26-2)6-8-19(17)28-4)23-20(24)12-29-21(25)10-14-9-15(22)5-7-18(14)27-3/h5-9,11,13H,10,12H2,1-4H3,(H,23,24)/t13-/m0/s1. The van der Waals surface area contributed by atoms with Gasteiger partial charge in [-0.05, 0) is 43.3 Å². The minimum atomic E-state index is -0.563. The number of methoxy groups -OCH3 is 3. The van der Waals surface area contributed by atoms with Gasteiger partial charge < -0.3 is 24.3 Å². The van der Waals surface area contributed by atoms with Gasteiger partial charge in [0.25, 0.3) is 5.91 Å². The lowest BCUT2D eigenvalue weighted by Gasteiger charge is -2.18. The first-order valence-corrected chi connectivity index (χ1v) is 9.25. The maximum atomic E-state index is 12.2. The molecule has 7 nitrogen and oxygen atoms in total. The summed E-state index contributed by atoms with van der Waals surface area (Å²) in [6, 6.07) is 9.88. The van der Waals surface area contributed by atoms with Crippen LogP contribution in [-0.2, 0) is 20.7 Å². The predicted octanol–water partition coefficient (Wildman–Crippen LogP) is 3.33. The molecule has 0 spiro atoms. The molecule has 0 saturated heterocycles. The van der Waals surface area contributed by atoms with E-state index in [2.05, 4.69) is 5.32 Å². The number of hydrogen-bond acceptors (Lipinski definition) is 6. The fourth-order valence-electron chi connectivity index (χ4n) is 2.78. The Hall–Kier alpha value is -2.93. The number of nitrogens with one attached hydrogen (secondary N) is 1. The zero-order chi connectivity index (χ0) is 21.4. The van der Waals surface area contributed by atoms with Crippen molar-refractivity contribution in [1.29, 1.82) is 0 Å². The molecule has 0 aliphatic heterocycles. The SMILES string of the molecule is COc1ccc(OC)c([C@H](C)NC(=O)COC(=O)Cc2cc(Cl)ccc2OC)c1. The van der Waals surface area contributed by atoms with Crippen LogP contribution in [0.15, 0.2) is 36.4 Å². The summed E-state index contributed by atoms with van der Waals surface area (Å²) < 4.78 is 20.8. The molecule has 8 heteroatoms. The zero-order valence-electron chi connectivity index (χ0n) is 16.8. The van der Waals surface area contributed by atoms with Crippen molar-refractivity contribution in [2.45, 2.75) is 19.4 Å². The van der Waals surface area contributed by atoms with Gasteiger partial charge in [-0.2, -0.15) is 0 Å². The second kappa shape index (κ2) is 10.6. The third-order valence-corrected chi connectivity index (χ3v) is 4.46. The minimum Gasteiger partial charge on any atom is -0.497 e. The van der Waals surface area contributed by atoms with Gasteiger partial charge in [0.2, 0.25) is 0 Å². The quantitative estimate of drug-likeness (QED) is 0.625. The summed E-state index contributed by atoms with van der Waals surface area (Å²) in [5.74, 6) is 0.781. The van der Waals surface area contributed by atoms with Crippen molar-refractivity contribution in [3.63, 3.8) is 0 Å². The second-order valence-corrected chi connectivity index (χ2v) is 6.63. The van der Waals surface area contributed by atoms with E-state index in [-0.39, 0.29) is 12.5 Å². The van der Waals surface area contributed by atoms with E-state index in [1.807, 2.05) is 0 Å². The van der Waals surface area contributed by atoms with Crippen LogP contribution in [0, 0.1) is 0 Å². The Morgan fingerprint density at radius 2 is 1.69 bits per heavy atom. The van der Waals surface area contributed by atoms with Crippen molar-refractivity contribution in [2.75, 3.05) is 27.9 Å². The molecule has 0 heterocycles. The number of carbonyl (C=O) groups excluding carboxylic acids is 2. The molecular formula is C21H24ClNO6. The Morgan fingerprint density at radius 3 is 2.34 bits per heavy atom. The maximum Gasteiger partial charge on any atom is 0.310 e. The molecule has 2 aromatic rings. The summed E-state index contributed by atoms with van der Waals surface area (Å²) in [7, 11) is 4.61. The average Bonchev–Trinajstić information content (AvgIpc) is 2.71. The Kier molecular flexibility index (Phi) is 8.15. The molecule has 2 rings (SSSR count). The molecule has 0 unspecified atom stereocenters. The van der Waals surface area contributed by atoms with Crippen LogP contribution < -0.4 is 19.5 Å². The van der Waals surface area contributed by atoms with Gasteiger partial charge in [-0.1, -0.05) is 11.6 Å². The highest BCUT2D eigenvalue weighted by atomic mass is 35.5. The van der Waals surface area contributed by atoms with E-state index in [0.29, 0.717) is 27.8 Å². The number of halogens is 1. The van der Waals surface area contributed by atoms with Crippen LogP contribution in [0.5, 0.6) is 17.2 Å². The van der Waals surface area contributed by atoms with E-state index in [1.165, 1.54) is 7.11 Å². The summed E-state index contributed by atoms with van der Waals surface area (Å²) in [5, 5.41) is 3.25. The van der Waals surface area contributed by atoms with Crippen molar-refractivity contribution in [3.05, 3.63) is 52.5 Å². The maximum absolute atomic E-state index is 12.2. The first-order chi connectivity index (χ1) is 13.9. The molecule has 156 valence electrons. The lowest BCUT2D eigenvalue weighted by molar-refractivity contribution is -0.148. The number of benzene rings is 2. The molecular weight excluding hydrogens is 398 g/mol. The first-order valence-electron chi connectivity index (χ1n) is 8.87. The summed E-state index contributed by atoms with van der Waals surface area (Å²) in [4.78, 5) is 24.3. The third-order valence-electron chi connectivity index (χ3n) is 4.22. The Morgan fingerprint density at radius 1 is 1.00 bits per heavy atom. The fourth-order valence-corrected chi connectivity index (χ4v) is 2.97. The molecule has 0 aromatic heterocycles. The highest BCUT2D eigenvalue weighted by molar-refractivity contribution is 6.30. The number of esters is 1. The highest BCUT2D eigenvalue weighted by Gasteiger charge is 2.17. The van der Waals surface area contributed by atoms with Crippen LogP contribution in [0.25, 0.3) is 0 Å². The molecule has 0 saturated carbocycles. The van der Waals surface area contributed by atoms with Crippen LogP contribution in [0.1, 0.15) is 24.1 Å². The van der Waals surface area contributed by atoms with Crippen molar-refractivity contribution in [1.82, 2.24) is 5.32 Å². The topological polar surface area (TPSA) is 83.1 Å². The van der Waals surface area contributed by atoms with Crippen molar-refractivity contribution in [2.24, 2.45) is 0 Å². The van der Waals surface area contributed by atoms with Crippen LogP contribution in [0.4, 0.5) is 0 Å². The molecule has 2 aromatic carbocycles. The number of carbonyl (C=O) groups is 2. The summed E-state index contributed by atoms with van der Waals surface area (Å²) in [6.07, 6.45) is -0.0593. The summed E-state index contributed by atoms with van der Waals surface area (Å²) >= 11 is 5.96. The Bertz CT molecular complexity index is 870. The molecule has 1 N–H and O–H groups in total. The molecule has 0 aliphatic carbocycles. The van der Waals surface area contributed by atoms with E-state index in [1.54, 1.807) is 57.5 Å². The highest BCUT2D eigenvalue weighted by Crippen LogP contribution is 2.29. The lowest BCUT2D eigenvalue weighted by atomic mass is 10.1. The van der Waals surface area contributed by atoms with Gasteiger partial charge in [0.1, 0.15) is 17.2 Å². The van der Waals surface area contributed by atoms with Gasteiger partial charge in [0.15, 0.2) is 6.61 Å². The van der Waals surface area contributed by atoms with Gasteiger partial charge >= 0.3 is 5.97 Å². The normalized spacial score (nSPS) is 11.3. The number of rotatable bonds is 9. The van der Waals surface area contributed by atoms with E-state index in [0.717, 1.165) is 5.56 Å². The Labute approximate surface area is 174 Å². The van der Waals surface area contributed by atoms with Crippen LogP contribution in [0.3, 0.4) is 0 Å². The first kappa shape index (κ1) is 22.4. The summed E-state index contributed by atoms with van der Waals surface area (Å²) in [6.45, 7) is 1.40. The van der Waals surface area contributed by atoms with Crippen LogP contribution >= 0.6 is 11.6 Å². The fraction of sp³-hybridized carbons (Fsp3) is 0.333. The molecule has 1 amide bonds. The van der Waals surface area contributed by atoms with E-state index >= 15 is 0 Å². The lowest BCUT2D eigenvalue weighted by Crippen LogP contribution is -2.31. The van der Waals surface area contributed by atoms with E-state index < -0.39 is 18.5 Å². The van der Waals surface area contributed by atoms with Gasteiger partial charge in [0, 0.05) is 16.1 Å². The summed E-state index contributed by atoms with van der Waals surface area (Å²) in [5.41, 5.74) is 1.33. The largest absolute Gasteiger partial charge is 0.497 e. The molecule has 0 aliphatic rings. The number of amides is 1. The zero-order valence-corrected chi connectivity index (χ0v) is 17.5. The molecule has 29 heavy (non-hydrogen) atoms. The number of hydrogen-bond donors (Lipinski definition) is 1. The van der Waals surface area contributed by atoms with E-state index in [9.17, 15) is 9.59 Å². The monoisotopic (exact) mass is 421 g/mol. The van der Waals surface area contributed by atoms with Gasteiger partial charge in [-0.3, -0.25) is 9.59 Å². The predicted molar refractivity (Wildman–Crippen MR) is 109 cm³/mol. The van der Waals surface area contributed by atoms with Crippen LogP contribution in [0.2, 0.25) is 5.02 Å². The van der Waals surface area contributed by atoms with Crippen molar-refractivity contribution >= 4 is 23.5 Å². The third kappa shape index (κ3) is 6.29. The van der Waals surface area contributed by atoms with Gasteiger partial charge in [-0.25, -0.2) is 0 Å². The van der Waals surface area contributed by atoms with Gasteiger partial charge in [0.05, 0.1) is 33.8 Å². The molecule has 1 atom stereocenters. The molecule has 0 bridgehead atoms. The van der Waals surface area contributed by atoms with Crippen molar-refractivity contribution < 1.29 is 28.5 Å². The van der Waals surface area contributed by atoms with Crippen LogP contribution in [-0.4, -0.2) is 39.8 Å². The average molecular weight is 422 g/mol. The molecule has 0 fully saturated rings.